The van der Waals surface area contributed by atoms with E-state index in [9.17, 15) is 5.11 Å². The molecule has 0 aromatic heterocycles. The van der Waals surface area contributed by atoms with Crippen LogP contribution in [0.5, 0.6) is 0 Å². The lowest BCUT2D eigenvalue weighted by Crippen LogP contribution is -2.23. The number of nitrogens with two attached hydrogens (primary N) is 1. The van der Waals surface area contributed by atoms with Crippen LogP contribution in [0, 0.1) is 0 Å². The van der Waals surface area contributed by atoms with Crippen LogP contribution in [0.2, 0.25) is 0 Å². The fourth-order valence-corrected chi connectivity index (χ4v) is 3.64. The van der Waals surface area contributed by atoms with Crippen LogP contribution < -0.4 is 5.73 Å². The highest BCUT2D eigenvalue weighted by molar-refractivity contribution is 9.11. The molecule has 0 heterocycles. The molecule has 0 amide bonds. The average Bonchev–Trinajstić information content (AvgIpc) is 2.24. The molecule has 1 saturated carbocycles. The van der Waals surface area contributed by atoms with Gasteiger partial charge in [-0.25, -0.2) is 0 Å². The summed E-state index contributed by atoms with van der Waals surface area (Å²) >= 11 is 6.91. The Balaban J connectivity index is 2.38. The Morgan fingerprint density at radius 1 is 1.19 bits per heavy atom. The van der Waals surface area contributed by atoms with Gasteiger partial charge in [0.25, 0.3) is 0 Å². The maximum absolute atomic E-state index is 10.0. The summed E-state index contributed by atoms with van der Waals surface area (Å²) in [6.45, 7) is 0. The highest BCUT2D eigenvalue weighted by Gasteiger charge is 2.26. The van der Waals surface area contributed by atoms with E-state index in [1.165, 1.54) is 6.42 Å². The van der Waals surface area contributed by atoms with Gasteiger partial charge in [0.2, 0.25) is 0 Å². The third-order valence-corrected chi connectivity index (χ3v) is 4.37. The zero-order valence-electron chi connectivity index (χ0n) is 8.92. The predicted molar refractivity (Wildman–Crippen MR) is 73.5 cm³/mol. The Hall–Kier alpha value is -0.0600. The summed E-state index contributed by atoms with van der Waals surface area (Å²) in [5, 5.41) is 10.0. The molecule has 0 radical (unpaired) electrons. The molecule has 3 N–H and O–H groups in total. The number of nitrogen functional groups attached to an aromatic ring is 1. The van der Waals surface area contributed by atoms with Crippen molar-refractivity contribution in [1.82, 2.24) is 0 Å². The van der Waals surface area contributed by atoms with E-state index < -0.39 is 0 Å². The minimum Gasteiger partial charge on any atom is -0.398 e. The van der Waals surface area contributed by atoms with Crippen LogP contribution in [-0.4, -0.2) is 11.2 Å². The molecule has 1 aromatic carbocycles. The first-order valence-corrected chi connectivity index (χ1v) is 7.10. The van der Waals surface area contributed by atoms with Crippen LogP contribution in [-0.2, 0) is 0 Å². The van der Waals surface area contributed by atoms with Crippen molar-refractivity contribution in [1.29, 1.82) is 0 Å². The molecule has 0 saturated heterocycles. The summed E-state index contributed by atoms with van der Waals surface area (Å²) in [7, 11) is 0. The Kier molecular flexibility index (Phi) is 3.93. The zero-order valence-corrected chi connectivity index (χ0v) is 12.1. The van der Waals surface area contributed by atoms with Crippen LogP contribution in [0.4, 0.5) is 5.69 Å². The molecule has 1 aliphatic carbocycles. The Bertz CT molecular complexity index is 395. The largest absolute Gasteiger partial charge is 0.398 e. The number of aliphatic hydroxyl groups excluding tert-OH is 1. The first-order chi connectivity index (χ1) is 7.59. The zero-order chi connectivity index (χ0) is 11.7. The first-order valence-electron chi connectivity index (χ1n) is 5.52. The van der Waals surface area contributed by atoms with Crippen LogP contribution in [0.15, 0.2) is 21.1 Å². The van der Waals surface area contributed by atoms with Gasteiger partial charge in [0.15, 0.2) is 0 Å². The first kappa shape index (κ1) is 12.4. The molecule has 16 heavy (non-hydrogen) atoms. The highest BCUT2D eigenvalue weighted by Crippen LogP contribution is 2.39. The smallest absolute Gasteiger partial charge is 0.0609 e. The summed E-state index contributed by atoms with van der Waals surface area (Å²) in [5.74, 6) is 0.183. The summed E-state index contributed by atoms with van der Waals surface area (Å²) in [4.78, 5) is 0. The minimum atomic E-state index is -0.253. The molecule has 0 aliphatic heterocycles. The lowest BCUT2D eigenvalue weighted by atomic mass is 9.81. The van der Waals surface area contributed by atoms with Crippen molar-refractivity contribution in [2.45, 2.75) is 37.7 Å². The molecule has 1 aliphatic rings. The molecular formula is C12H15Br2NO. The SMILES string of the molecule is Nc1c(Br)cc(Br)cc1C1CCCCC1O. The third kappa shape index (κ3) is 2.44. The van der Waals surface area contributed by atoms with Crippen LogP contribution in [0.25, 0.3) is 0 Å². The molecular weight excluding hydrogens is 334 g/mol. The fourth-order valence-electron chi connectivity index (χ4n) is 2.39. The van der Waals surface area contributed by atoms with Gasteiger partial charge in [0, 0.05) is 20.6 Å². The standard InChI is InChI=1S/C12H15Br2NO/c13-7-5-9(12(15)10(14)6-7)8-3-1-2-4-11(8)16/h5-6,8,11,16H,1-4,15H2. The topological polar surface area (TPSA) is 46.2 Å². The molecule has 1 fully saturated rings. The monoisotopic (exact) mass is 347 g/mol. The van der Waals surface area contributed by atoms with Crippen molar-refractivity contribution >= 4 is 37.5 Å². The predicted octanol–water partition coefficient (Wildman–Crippen LogP) is 3.81. The molecule has 0 spiro atoms. The minimum absolute atomic E-state index is 0.183. The number of aliphatic hydroxyl groups is 1. The fraction of sp³-hybridized carbons (Fsp3) is 0.500. The van der Waals surface area contributed by atoms with Crippen molar-refractivity contribution < 1.29 is 5.11 Å². The Labute approximate surface area is 112 Å². The molecule has 2 nitrogen and oxygen atoms in total. The number of rotatable bonds is 1. The average molecular weight is 349 g/mol. The van der Waals surface area contributed by atoms with E-state index in [2.05, 4.69) is 31.9 Å². The number of halogens is 2. The summed E-state index contributed by atoms with van der Waals surface area (Å²) in [6, 6.07) is 3.97. The van der Waals surface area contributed by atoms with Crippen molar-refractivity contribution in [3.8, 4) is 0 Å². The molecule has 2 atom stereocenters. The van der Waals surface area contributed by atoms with Gasteiger partial charge >= 0.3 is 0 Å². The van der Waals surface area contributed by atoms with Gasteiger partial charge in [-0.05, 0) is 46.5 Å². The maximum atomic E-state index is 10.0. The van der Waals surface area contributed by atoms with Gasteiger partial charge < -0.3 is 10.8 Å². The van der Waals surface area contributed by atoms with Crippen molar-refractivity contribution in [3.63, 3.8) is 0 Å². The van der Waals surface area contributed by atoms with Gasteiger partial charge in [0.1, 0.15) is 0 Å². The van der Waals surface area contributed by atoms with Gasteiger partial charge in [-0.15, -0.1) is 0 Å². The Morgan fingerprint density at radius 2 is 1.88 bits per heavy atom. The van der Waals surface area contributed by atoms with Gasteiger partial charge in [0.05, 0.1) is 6.10 Å². The van der Waals surface area contributed by atoms with Crippen LogP contribution >= 0.6 is 31.9 Å². The lowest BCUT2D eigenvalue weighted by Gasteiger charge is -2.29. The molecule has 1 aromatic rings. The van der Waals surface area contributed by atoms with Crippen LogP contribution in [0.3, 0.4) is 0 Å². The summed E-state index contributed by atoms with van der Waals surface area (Å²) in [5.41, 5.74) is 7.89. The second-order valence-corrected chi connectivity index (χ2v) is 6.12. The van der Waals surface area contributed by atoms with Crippen molar-refractivity contribution in [2.75, 3.05) is 5.73 Å². The summed E-state index contributed by atoms with van der Waals surface area (Å²) in [6.07, 6.45) is 3.94. The molecule has 2 rings (SSSR count). The molecule has 88 valence electrons. The van der Waals surface area contributed by atoms with Gasteiger partial charge in [-0.1, -0.05) is 28.8 Å². The Morgan fingerprint density at radius 3 is 2.56 bits per heavy atom. The number of hydrogen-bond acceptors (Lipinski definition) is 2. The second kappa shape index (κ2) is 5.07. The number of anilines is 1. The van der Waals surface area contributed by atoms with E-state index in [0.717, 1.165) is 39.5 Å². The van der Waals surface area contributed by atoms with Crippen molar-refractivity contribution in [3.05, 3.63) is 26.6 Å². The van der Waals surface area contributed by atoms with E-state index >= 15 is 0 Å². The third-order valence-electron chi connectivity index (χ3n) is 3.26. The summed E-state index contributed by atoms with van der Waals surface area (Å²) < 4.78 is 1.90. The van der Waals surface area contributed by atoms with E-state index in [-0.39, 0.29) is 12.0 Å². The van der Waals surface area contributed by atoms with E-state index in [1.54, 1.807) is 0 Å². The quantitative estimate of drug-likeness (QED) is 0.758. The van der Waals surface area contributed by atoms with E-state index in [4.69, 9.17) is 5.73 Å². The van der Waals surface area contributed by atoms with Crippen LogP contribution in [0.1, 0.15) is 37.2 Å². The van der Waals surface area contributed by atoms with E-state index in [0.29, 0.717) is 0 Å². The molecule has 4 heteroatoms. The van der Waals surface area contributed by atoms with Crippen molar-refractivity contribution in [2.24, 2.45) is 0 Å². The lowest BCUT2D eigenvalue weighted by molar-refractivity contribution is 0.106. The normalized spacial score (nSPS) is 25.7. The number of benzene rings is 1. The highest BCUT2D eigenvalue weighted by atomic mass is 79.9. The molecule has 2 unspecified atom stereocenters. The molecule has 0 bridgehead atoms. The maximum Gasteiger partial charge on any atom is 0.0609 e. The van der Waals surface area contributed by atoms with Gasteiger partial charge in [-0.3, -0.25) is 0 Å². The van der Waals surface area contributed by atoms with Gasteiger partial charge in [-0.2, -0.15) is 0 Å². The number of hydrogen-bond donors (Lipinski definition) is 2. The second-order valence-electron chi connectivity index (χ2n) is 4.35. The van der Waals surface area contributed by atoms with E-state index in [1.807, 2.05) is 12.1 Å².